The van der Waals surface area contributed by atoms with Crippen molar-refractivity contribution >= 4 is 16.9 Å². The van der Waals surface area contributed by atoms with Crippen molar-refractivity contribution in [3.8, 4) is 0 Å². The molecule has 2 aromatic carbocycles. The van der Waals surface area contributed by atoms with Crippen LogP contribution in [-0.4, -0.2) is 15.6 Å². The summed E-state index contributed by atoms with van der Waals surface area (Å²) in [6.45, 7) is -0.102. The molecular weight excluding hydrogens is 338 g/mol. The third kappa shape index (κ3) is 3.65. The van der Waals surface area contributed by atoms with Gasteiger partial charge < -0.3 is 9.67 Å². The fourth-order valence-electron chi connectivity index (χ4n) is 2.79. The molecule has 0 fully saturated rings. The summed E-state index contributed by atoms with van der Waals surface area (Å²) in [5.74, 6) is -1.94. The molecule has 0 atom stereocenters. The second kappa shape index (κ2) is 6.23. The Morgan fingerprint density at radius 2 is 1.84 bits per heavy atom. The Morgan fingerprint density at radius 3 is 2.52 bits per heavy atom. The van der Waals surface area contributed by atoms with Gasteiger partial charge >= 0.3 is 12.1 Å². The minimum absolute atomic E-state index is 0.0602. The summed E-state index contributed by atoms with van der Waals surface area (Å²) in [5.41, 5.74) is 0.0948. The van der Waals surface area contributed by atoms with Gasteiger partial charge in [0.15, 0.2) is 0 Å². The first-order valence-electron chi connectivity index (χ1n) is 7.39. The third-order valence-electron chi connectivity index (χ3n) is 3.91. The second-order valence-corrected chi connectivity index (χ2v) is 5.71. The number of carboxylic acids is 1. The van der Waals surface area contributed by atoms with Crippen molar-refractivity contribution in [3.05, 3.63) is 71.2 Å². The first-order chi connectivity index (χ1) is 11.7. The van der Waals surface area contributed by atoms with E-state index in [0.717, 1.165) is 17.5 Å². The van der Waals surface area contributed by atoms with E-state index >= 15 is 0 Å². The number of nitrogens with zero attached hydrogens (tertiary/aromatic N) is 1. The molecule has 3 nitrogen and oxygen atoms in total. The molecule has 25 heavy (non-hydrogen) atoms. The average Bonchev–Trinajstić information content (AvgIpc) is 2.90. The monoisotopic (exact) mass is 351 g/mol. The fourth-order valence-corrected chi connectivity index (χ4v) is 2.79. The van der Waals surface area contributed by atoms with E-state index in [2.05, 4.69) is 0 Å². The first kappa shape index (κ1) is 17.0. The topological polar surface area (TPSA) is 42.2 Å². The number of hydrogen-bond acceptors (Lipinski definition) is 1. The molecule has 0 spiro atoms. The lowest BCUT2D eigenvalue weighted by molar-refractivity contribution is -0.138. The molecule has 0 aliphatic heterocycles. The molecule has 0 radical (unpaired) electrons. The Labute approximate surface area is 140 Å². The standard InChI is InChI=1S/C18H13F4NO2/c19-14-4-3-13(15(9-14)18(20,21)22)10-23-6-5-12-2-1-11(7-16(12)23)8-17(24)25/h1-7,9H,8,10H2,(H,24,25). The van der Waals surface area contributed by atoms with Gasteiger partial charge in [0.25, 0.3) is 0 Å². The van der Waals surface area contributed by atoms with Crippen LogP contribution in [0.4, 0.5) is 17.6 Å². The fraction of sp³-hybridized carbons (Fsp3) is 0.167. The maximum atomic E-state index is 13.2. The van der Waals surface area contributed by atoms with E-state index in [4.69, 9.17) is 5.11 Å². The summed E-state index contributed by atoms with van der Waals surface area (Å²) < 4.78 is 54.2. The van der Waals surface area contributed by atoms with Gasteiger partial charge in [0.1, 0.15) is 5.82 Å². The Bertz CT molecular complexity index is 944. The van der Waals surface area contributed by atoms with Crippen molar-refractivity contribution in [2.75, 3.05) is 0 Å². The molecule has 130 valence electrons. The van der Waals surface area contributed by atoms with Gasteiger partial charge in [-0.25, -0.2) is 4.39 Å². The van der Waals surface area contributed by atoms with Gasteiger partial charge in [-0.05, 0) is 40.8 Å². The molecule has 0 amide bonds. The van der Waals surface area contributed by atoms with E-state index in [-0.39, 0.29) is 18.5 Å². The normalized spacial score (nSPS) is 11.8. The third-order valence-corrected chi connectivity index (χ3v) is 3.91. The number of halogens is 4. The number of hydrogen-bond donors (Lipinski definition) is 1. The number of benzene rings is 2. The van der Waals surface area contributed by atoms with E-state index in [1.807, 2.05) is 0 Å². The predicted octanol–water partition coefficient (Wildman–Crippen LogP) is 4.47. The summed E-state index contributed by atoms with van der Waals surface area (Å²) in [6, 6.07) is 9.35. The van der Waals surface area contributed by atoms with Crippen LogP contribution in [0.25, 0.3) is 10.9 Å². The van der Waals surface area contributed by atoms with Crippen molar-refractivity contribution in [1.29, 1.82) is 0 Å². The van der Waals surface area contributed by atoms with Gasteiger partial charge in [-0.15, -0.1) is 0 Å². The summed E-state index contributed by atoms with van der Waals surface area (Å²) >= 11 is 0. The van der Waals surface area contributed by atoms with Crippen molar-refractivity contribution in [2.24, 2.45) is 0 Å². The van der Waals surface area contributed by atoms with Crippen molar-refractivity contribution in [1.82, 2.24) is 4.57 Å². The van der Waals surface area contributed by atoms with Gasteiger partial charge in [-0.1, -0.05) is 18.2 Å². The Balaban J connectivity index is 2.02. The van der Waals surface area contributed by atoms with E-state index in [9.17, 15) is 22.4 Å². The zero-order valence-corrected chi connectivity index (χ0v) is 12.8. The number of carboxylic acid groups (broad SMARTS) is 1. The van der Waals surface area contributed by atoms with Crippen LogP contribution >= 0.6 is 0 Å². The highest BCUT2D eigenvalue weighted by atomic mass is 19.4. The molecule has 1 aromatic heterocycles. The molecule has 1 heterocycles. The highest BCUT2D eigenvalue weighted by Gasteiger charge is 2.33. The SMILES string of the molecule is O=C(O)Cc1ccc2ccn(Cc3ccc(F)cc3C(F)(F)F)c2c1. The molecule has 0 saturated heterocycles. The maximum Gasteiger partial charge on any atom is 0.416 e. The van der Waals surface area contributed by atoms with Crippen LogP contribution < -0.4 is 0 Å². The summed E-state index contributed by atoms with van der Waals surface area (Å²) in [7, 11) is 0. The van der Waals surface area contributed by atoms with Gasteiger partial charge in [-0.3, -0.25) is 4.79 Å². The van der Waals surface area contributed by atoms with Crippen LogP contribution in [0, 0.1) is 5.82 Å². The van der Waals surface area contributed by atoms with Crippen LogP contribution in [0.2, 0.25) is 0 Å². The molecule has 0 aliphatic carbocycles. The number of aromatic nitrogens is 1. The van der Waals surface area contributed by atoms with Crippen molar-refractivity contribution in [2.45, 2.75) is 19.1 Å². The molecular formula is C18H13F4NO2. The second-order valence-electron chi connectivity index (χ2n) is 5.71. The number of aliphatic carboxylic acids is 1. The van der Waals surface area contributed by atoms with Gasteiger partial charge in [-0.2, -0.15) is 13.2 Å². The lowest BCUT2D eigenvalue weighted by Gasteiger charge is -2.14. The minimum atomic E-state index is -4.66. The van der Waals surface area contributed by atoms with Crippen LogP contribution in [0.1, 0.15) is 16.7 Å². The molecule has 0 bridgehead atoms. The lowest BCUT2D eigenvalue weighted by atomic mass is 10.1. The van der Waals surface area contributed by atoms with E-state index in [0.29, 0.717) is 17.1 Å². The van der Waals surface area contributed by atoms with Crippen LogP contribution in [0.5, 0.6) is 0 Å². The predicted molar refractivity (Wildman–Crippen MR) is 83.8 cm³/mol. The largest absolute Gasteiger partial charge is 0.481 e. The Kier molecular flexibility index (Phi) is 4.24. The molecule has 1 N–H and O–H groups in total. The maximum absolute atomic E-state index is 13.2. The number of fused-ring (bicyclic) bond motifs is 1. The Hall–Kier alpha value is -2.83. The molecule has 0 saturated carbocycles. The Morgan fingerprint density at radius 1 is 1.08 bits per heavy atom. The number of rotatable bonds is 4. The van der Waals surface area contributed by atoms with Gasteiger partial charge in [0.2, 0.25) is 0 Å². The minimum Gasteiger partial charge on any atom is -0.481 e. The van der Waals surface area contributed by atoms with E-state index in [1.54, 1.807) is 35.0 Å². The highest BCUT2D eigenvalue weighted by Crippen LogP contribution is 2.33. The van der Waals surface area contributed by atoms with Crippen LogP contribution in [-0.2, 0) is 23.9 Å². The average molecular weight is 351 g/mol. The van der Waals surface area contributed by atoms with E-state index in [1.165, 1.54) is 0 Å². The smallest absolute Gasteiger partial charge is 0.416 e. The van der Waals surface area contributed by atoms with Crippen LogP contribution in [0.15, 0.2) is 48.7 Å². The first-order valence-corrected chi connectivity index (χ1v) is 7.39. The van der Waals surface area contributed by atoms with Gasteiger partial charge in [0, 0.05) is 18.3 Å². The number of alkyl halides is 3. The van der Waals surface area contributed by atoms with Crippen LogP contribution in [0.3, 0.4) is 0 Å². The zero-order chi connectivity index (χ0) is 18.2. The van der Waals surface area contributed by atoms with Gasteiger partial charge in [0.05, 0.1) is 12.0 Å². The molecule has 0 aliphatic rings. The van der Waals surface area contributed by atoms with Crippen molar-refractivity contribution in [3.63, 3.8) is 0 Å². The summed E-state index contributed by atoms with van der Waals surface area (Å²) in [4.78, 5) is 10.8. The van der Waals surface area contributed by atoms with Crippen molar-refractivity contribution < 1.29 is 27.5 Å². The molecule has 7 heteroatoms. The lowest BCUT2D eigenvalue weighted by Crippen LogP contribution is -2.12. The molecule has 0 unspecified atom stereocenters. The molecule has 3 aromatic rings. The zero-order valence-electron chi connectivity index (χ0n) is 12.8. The number of carbonyl (C=O) groups is 1. The summed E-state index contributed by atoms with van der Waals surface area (Å²) in [6.07, 6.45) is -3.21. The summed E-state index contributed by atoms with van der Waals surface area (Å²) in [5, 5.41) is 9.66. The van der Waals surface area contributed by atoms with E-state index < -0.39 is 23.5 Å². The quantitative estimate of drug-likeness (QED) is 0.705. The molecule has 3 rings (SSSR count). The highest BCUT2D eigenvalue weighted by molar-refractivity contribution is 5.82.